The molecule has 10 heteroatoms. The van der Waals surface area contributed by atoms with E-state index in [0.717, 1.165) is 6.07 Å². The Balaban J connectivity index is 1.74. The fourth-order valence-electron chi connectivity index (χ4n) is 2.45. The molecule has 0 spiro atoms. The average Bonchev–Trinajstić information content (AvgIpc) is 3.19. The molecule has 0 amide bonds. The summed E-state index contributed by atoms with van der Waals surface area (Å²) in [4.78, 5) is 22.9. The van der Waals surface area contributed by atoms with Crippen LogP contribution in [0.5, 0.6) is 5.75 Å². The molecule has 3 rings (SSSR count). The number of nitro benzene ring substituents is 1. The topological polar surface area (TPSA) is 118 Å². The third-order valence-corrected chi connectivity index (χ3v) is 3.85. The van der Waals surface area contributed by atoms with Crippen molar-refractivity contribution in [3.63, 3.8) is 0 Å². The number of carbonyl (C=O) groups is 1. The van der Waals surface area contributed by atoms with Crippen molar-refractivity contribution in [2.24, 2.45) is 0 Å². The Kier molecular flexibility index (Phi) is 5.82. The first-order valence-corrected chi connectivity index (χ1v) is 8.60. The molecular formula is C19H16FN3O6. The predicted octanol–water partition coefficient (Wildman–Crippen LogP) is 4.10. The standard InChI is InChI=1S/C19H16FN3O6/c1-3-27-16-9-6-13(10-15(16)23(25)26)19(24)28-11(2)17-21-22-18(29-17)12-4-7-14(20)8-5-12/h4-11H,3H2,1-2H3/t11-/m1/s1. The molecule has 0 unspecified atom stereocenters. The number of hydrogen-bond donors (Lipinski definition) is 0. The van der Waals surface area contributed by atoms with Gasteiger partial charge in [0.25, 0.3) is 5.89 Å². The highest BCUT2D eigenvalue weighted by Gasteiger charge is 2.23. The molecule has 0 saturated carbocycles. The van der Waals surface area contributed by atoms with Gasteiger partial charge in [-0.25, -0.2) is 9.18 Å². The molecule has 1 heterocycles. The largest absolute Gasteiger partial charge is 0.487 e. The summed E-state index contributed by atoms with van der Waals surface area (Å²) in [6.45, 7) is 3.45. The van der Waals surface area contributed by atoms with Crippen LogP contribution in [0.2, 0.25) is 0 Å². The minimum absolute atomic E-state index is 0.0229. The average molecular weight is 401 g/mol. The number of nitrogens with zero attached hydrogens (tertiary/aromatic N) is 3. The Labute approximate surface area is 164 Å². The number of halogens is 1. The Hall–Kier alpha value is -3.82. The number of aromatic nitrogens is 2. The molecule has 2 aromatic carbocycles. The van der Waals surface area contributed by atoms with Crippen LogP contribution in [0.1, 0.15) is 36.2 Å². The second-order valence-corrected chi connectivity index (χ2v) is 5.87. The molecule has 0 aliphatic rings. The zero-order valence-electron chi connectivity index (χ0n) is 15.5. The summed E-state index contributed by atoms with van der Waals surface area (Å²) in [5.74, 6) is -0.980. The van der Waals surface area contributed by atoms with Crippen molar-refractivity contribution in [2.45, 2.75) is 20.0 Å². The number of carbonyl (C=O) groups excluding carboxylic acids is 1. The minimum Gasteiger partial charge on any atom is -0.487 e. The summed E-state index contributed by atoms with van der Waals surface area (Å²) in [6.07, 6.45) is -0.908. The van der Waals surface area contributed by atoms with Crippen LogP contribution in [0, 0.1) is 15.9 Å². The van der Waals surface area contributed by atoms with Crippen LogP contribution in [0.15, 0.2) is 46.9 Å². The second kappa shape index (κ2) is 8.46. The zero-order valence-corrected chi connectivity index (χ0v) is 15.5. The van der Waals surface area contributed by atoms with Gasteiger partial charge in [-0.15, -0.1) is 10.2 Å². The minimum atomic E-state index is -0.908. The van der Waals surface area contributed by atoms with E-state index in [1.165, 1.54) is 43.3 Å². The molecule has 0 fully saturated rings. The van der Waals surface area contributed by atoms with Crippen molar-refractivity contribution in [3.8, 4) is 17.2 Å². The van der Waals surface area contributed by atoms with Gasteiger partial charge < -0.3 is 13.9 Å². The summed E-state index contributed by atoms with van der Waals surface area (Å²) in [7, 11) is 0. The predicted molar refractivity (Wildman–Crippen MR) is 97.8 cm³/mol. The first-order valence-electron chi connectivity index (χ1n) is 8.60. The van der Waals surface area contributed by atoms with Gasteiger partial charge in [0.05, 0.1) is 17.1 Å². The SMILES string of the molecule is CCOc1ccc(C(=O)O[C@H](C)c2nnc(-c3ccc(F)cc3)o2)cc1[N+](=O)[O-]. The molecule has 0 aliphatic carbocycles. The number of rotatable bonds is 7. The fraction of sp³-hybridized carbons (Fsp3) is 0.211. The molecule has 0 radical (unpaired) electrons. The first kappa shape index (κ1) is 19.9. The lowest BCUT2D eigenvalue weighted by Crippen LogP contribution is -2.10. The van der Waals surface area contributed by atoms with Crippen molar-refractivity contribution in [1.82, 2.24) is 10.2 Å². The number of ether oxygens (including phenoxy) is 2. The van der Waals surface area contributed by atoms with Crippen molar-refractivity contribution in [2.75, 3.05) is 6.61 Å². The van der Waals surface area contributed by atoms with Gasteiger partial charge in [-0.2, -0.15) is 0 Å². The molecule has 9 nitrogen and oxygen atoms in total. The van der Waals surface area contributed by atoms with Gasteiger partial charge in [0.2, 0.25) is 5.89 Å². The van der Waals surface area contributed by atoms with E-state index in [1.807, 2.05) is 0 Å². The summed E-state index contributed by atoms with van der Waals surface area (Å²) >= 11 is 0. The van der Waals surface area contributed by atoms with Gasteiger partial charge in [0.15, 0.2) is 11.9 Å². The van der Waals surface area contributed by atoms with E-state index >= 15 is 0 Å². The Morgan fingerprint density at radius 2 is 1.97 bits per heavy atom. The van der Waals surface area contributed by atoms with Crippen molar-refractivity contribution >= 4 is 11.7 Å². The van der Waals surface area contributed by atoms with Gasteiger partial charge in [-0.1, -0.05) is 0 Å². The summed E-state index contributed by atoms with van der Waals surface area (Å²) in [5, 5.41) is 18.9. The second-order valence-electron chi connectivity index (χ2n) is 5.87. The summed E-state index contributed by atoms with van der Waals surface area (Å²) in [6, 6.07) is 9.23. The van der Waals surface area contributed by atoms with E-state index in [1.54, 1.807) is 6.92 Å². The van der Waals surface area contributed by atoms with E-state index in [0.29, 0.717) is 5.56 Å². The van der Waals surface area contributed by atoms with E-state index in [2.05, 4.69) is 10.2 Å². The molecule has 0 saturated heterocycles. The first-order chi connectivity index (χ1) is 13.9. The third kappa shape index (κ3) is 4.54. The van der Waals surface area contributed by atoms with Crippen LogP contribution in [-0.4, -0.2) is 27.7 Å². The normalized spacial score (nSPS) is 11.7. The zero-order chi connectivity index (χ0) is 21.0. The highest BCUT2D eigenvalue weighted by molar-refractivity contribution is 5.90. The van der Waals surface area contributed by atoms with Crippen LogP contribution in [0.3, 0.4) is 0 Å². The Morgan fingerprint density at radius 3 is 2.62 bits per heavy atom. The molecule has 1 atom stereocenters. The molecule has 1 aromatic heterocycles. The monoisotopic (exact) mass is 401 g/mol. The molecule has 150 valence electrons. The fourth-order valence-corrected chi connectivity index (χ4v) is 2.45. The van der Waals surface area contributed by atoms with Gasteiger partial charge >= 0.3 is 11.7 Å². The number of hydrogen-bond acceptors (Lipinski definition) is 8. The number of benzene rings is 2. The third-order valence-electron chi connectivity index (χ3n) is 3.85. The van der Waals surface area contributed by atoms with Crippen LogP contribution < -0.4 is 4.74 Å². The number of nitro groups is 1. The maximum atomic E-state index is 13.0. The molecule has 0 aliphatic heterocycles. The molecule has 0 N–H and O–H groups in total. The van der Waals surface area contributed by atoms with Gasteiger partial charge in [-0.05, 0) is 50.2 Å². The maximum Gasteiger partial charge on any atom is 0.339 e. The van der Waals surface area contributed by atoms with Crippen LogP contribution in [-0.2, 0) is 4.74 Å². The molecule has 3 aromatic rings. The van der Waals surface area contributed by atoms with E-state index in [-0.39, 0.29) is 35.4 Å². The quantitative estimate of drug-likeness (QED) is 0.330. The molecule has 29 heavy (non-hydrogen) atoms. The van der Waals surface area contributed by atoms with Crippen LogP contribution in [0.4, 0.5) is 10.1 Å². The van der Waals surface area contributed by atoms with E-state index < -0.39 is 22.8 Å². The highest BCUT2D eigenvalue weighted by atomic mass is 19.1. The molecular weight excluding hydrogens is 385 g/mol. The summed E-state index contributed by atoms with van der Waals surface area (Å²) < 4.78 is 28.9. The maximum absolute atomic E-state index is 13.0. The lowest BCUT2D eigenvalue weighted by molar-refractivity contribution is -0.385. The van der Waals surface area contributed by atoms with Crippen molar-refractivity contribution < 1.29 is 28.0 Å². The van der Waals surface area contributed by atoms with Gasteiger partial charge in [0.1, 0.15) is 5.82 Å². The Bertz CT molecular complexity index is 1030. The Morgan fingerprint density at radius 1 is 1.24 bits per heavy atom. The van der Waals surface area contributed by atoms with Gasteiger partial charge in [-0.3, -0.25) is 10.1 Å². The lowest BCUT2D eigenvalue weighted by Gasteiger charge is -2.10. The number of esters is 1. The van der Waals surface area contributed by atoms with Crippen molar-refractivity contribution in [3.05, 3.63) is 69.9 Å². The van der Waals surface area contributed by atoms with E-state index in [9.17, 15) is 19.3 Å². The molecule has 0 bridgehead atoms. The van der Waals surface area contributed by atoms with E-state index in [4.69, 9.17) is 13.9 Å². The van der Waals surface area contributed by atoms with Crippen LogP contribution >= 0.6 is 0 Å². The van der Waals surface area contributed by atoms with Gasteiger partial charge in [0, 0.05) is 11.6 Å². The van der Waals surface area contributed by atoms with Crippen LogP contribution in [0.25, 0.3) is 11.5 Å². The smallest absolute Gasteiger partial charge is 0.339 e. The van der Waals surface area contributed by atoms with Crippen molar-refractivity contribution in [1.29, 1.82) is 0 Å². The highest BCUT2D eigenvalue weighted by Crippen LogP contribution is 2.29. The summed E-state index contributed by atoms with van der Waals surface area (Å²) in [5.41, 5.74) is 0.140. The lowest BCUT2D eigenvalue weighted by atomic mass is 10.2.